The van der Waals surface area contributed by atoms with Crippen molar-refractivity contribution in [1.29, 1.82) is 5.41 Å². The minimum atomic E-state index is -4.85. The van der Waals surface area contributed by atoms with E-state index in [1.54, 1.807) is 24.3 Å². The van der Waals surface area contributed by atoms with Gasteiger partial charge < -0.3 is 36.4 Å². The van der Waals surface area contributed by atoms with Crippen LogP contribution in [0.5, 0.6) is 5.75 Å². The van der Waals surface area contributed by atoms with Crippen LogP contribution in [-0.4, -0.2) is 101 Å². The van der Waals surface area contributed by atoms with Crippen molar-refractivity contribution in [1.82, 2.24) is 25.2 Å². The van der Waals surface area contributed by atoms with Crippen LogP contribution in [0, 0.1) is 5.41 Å². The molecule has 0 saturated carbocycles. The number of hydrogen-bond donors (Lipinski definition) is 7. The zero-order chi connectivity index (χ0) is 32.2. The molecule has 2 fully saturated rings. The number of carbonyl (C=O) groups excluding carboxylic acids is 2. The lowest BCUT2D eigenvalue weighted by molar-refractivity contribution is -0.152. The van der Waals surface area contributed by atoms with Crippen molar-refractivity contribution in [2.24, 2.45) is 5.16 Å². The largest absolute Gasteiger partial charge is 0.489 e. The number of nitrogen functional groups attached to an aromatic ring is 1. The number of aliphatic carboxylic acids is 1. The highest BCUT2D eigenvalue weighted by Gasteiger charge is 2.51. The summed E-state index contributed by atoms with van der Waals surface area (Å²) in [7, 11) is -4.85. The number of thiazole rings is 1. The van der Waals surface area contributed by atoms with Crippen LogP contribution in [0.15, 0.2) is 29.4 Å². The van der Waals surface area contributed by atoms with Gasteiger partial charge in [-0.25, -0.2) is 14.1 Å². The molecule has 1 aromatic carbocycles. The molecule has 0 spiro atoms. The number of oxime groups is 1. The van der Waals surface area contributed by atoms with E-state index in [9.17, 15) is 32.5 Å². The van der Waals surface area contributed by atoms with Crippen molar-refractivity contribution < 1.29 is 42.0 Å². The van der Waals surface area contributed by atoms with Crippen LogP contribution in [0.4, 0.5) is 5.13 Å². The number of carboxylic acids is 1. The van der Waals surface area contributed by atoms with E-state index in [1.165, 1.54) is 6.92 Å². The molecule has 238 valence electrons. The predicted octanol–water partition coefficient (Wildman–Crippen LogP) is -0.183. The number of ether oxygens (including phenoxy) is 1. The molecule has 4 rings (SSSR count). The Morgan fingerprint density at radius 3 is 2.59 bits per heavy atom. The van der Waals surface area contributed by atoms with E-state index in [0.29, 0.717) is 5.56 Å². The van der Waals surface area contributed by atoms with Crippen LogP contribution in [0.2, 0.25) is 4.34 Å². The summed E-state index contributed by atoms with van der Waals surface area (Å²) < 4.78 is 37.5. The Morgan fingerprint density at radius 1 is 1.34 bits per heavy atom. The van der Waals surface area contributed by atoms with Gasteiger partial charge in [0.2, 0.25) is 0 Å². The van der Waals surface area contributed by atoms with Crippen LogP contribution in [0.3, 0.4) is 0 Å². The van der Waals surface area contributed by atoms with E-state index in [-0.39, 0.29) is 37.1 Å². The molecule has 2 aromatic rings. The fourth-order valence-corrected chi connectivity index (χ4v) is 6.20. The zero-order valence-corrected chi connectivity index (χ0v) is 25.4. The molecule has 1 aromatic heterocycles. The molecule has 0 radical (unpaired) electrons. The van der Waals surface area contributed by atoms with E-state index in [1.807, 2.05) is 0 Å². The normalized spacial score (nSPS) is 21.2. The van der Waals surface area contributed by atoms with Crippen LogP contribution in [-0.2, 0) is 29.5 Å². The molecule has 17 nitrogen and oxygen atoms in total. The minimum Gasteiger partial charge on any atom is -0.489 e. The Morgan fingerprint density at radius 2 is 2.05 bits per heavy atom. The fourth-order valence-electron chi connectivity index (χ4n) is 4.38. The first kappa shape index (κ1) is 32.9. The van der Waals surface area contributed by atoms with Gasteiger partial charge >= 0.3 is 16.3 Å². The molecule has 1 unspecified atom stereocenters. The number of amides is 2. The summed E-state index contributed by atoms with van der Waals surface area (Å²) in [6.07, 6.45) is 0.233. The second kappa shape index (κ2) is 13.7. The summed E-state index contributed by atoms with van der Waals surface area (Å²) in [4.78, 5) is 46.2. The summed E-state index contributed by atoms with van der Waals surface area (Å²) in [6.45, 7) is 2.42. The molecule has 3 heterocycles. The highest BCUT2D eigenvalue weighted by Crippen LogP contribution is 2.28. The lowest BCUT2D eigenvalue weighted by Crippen LogP contribution is -2.71. The number of benzene rings is 1. The molecular formula is C24H29ClN8O9S2. The monoisotopic (exact) mass is 672 g/mol. The Labute approximate surface area is 260 Å². The molecule has 2 saturated heterocycles. The van der Waals surface area contributed by atoms with Crippen molar-refractivity contribution in [3.05, 3.63) is 39.9 Å². The quantitative estimate of drug-likeness (QED) is 0.0508. The number of aromatic nitrogens is 1. The van der Waals surface area contributed by atoms with Crippen molar-refractivity contribution in [3.63, 3.8) is 0 Å². The summed E-state index contributed by atoms with van der Waals surface area (Å²) in [6, 6.07) is 4.01. The summed E-state index contributed by atoms with van der Waals surface area (Å²) in [5.41, 5.74) is 5.34. The van der Waals surface area contributed by atoms with Crippen LogP contribution >= 0.6 is 22.9 Å². The molecule has 0 aliphatic carbocycles. The SMILES string of the molecule is C[C@H]1[C@H](NC(=O)/C(=N\OC(COc2ccc(C(=N)N[C@@H]3CCCNC3)cc2)C(=O)O)c2nc(N)sc2Cl)C(=O)N1S(=O)(=O)O. The lowest BCUT2D eigenvalue weighted by Gasteiger charge is -2.42. The lowest BCUT2D eigenvalue weighted by atomic mass is 10.0. The first-order valence-electron chi connectivity index (χ1n) is 13.1. The Balaban J connectivity index is 1.43. The van der Waals surface area contributed by atoms with Crippen molar-refractivity contribution in [2.45, 2.75) is 44.0 Å². The summed E-state index contributed by atoms with van der Waals surface area (Å²) >= 11 is 6.91. The van der Waals surface area contributed by atoms with Gasteiger partial charge in [-0.2, -0.15) is 8.42 Å². The van der Waals surface area contributed by atoms with Crippen molar-refractivity contribution >= 4 is 67.7 Å². The van der Waals surface area contributed by atoms with Gasteiger partial charge in [-0.15, -0.1) is 0 Å². The highest BCUT2D eigenvalue weighted by atomic mass is 35.5. The number of nitrogens with zero attached hydrogens (tertiary/aromatic N) is 3. The second-order valence-corrected chi connectivity index (χ2v) is 12.7. The first-order chi connectivity index (χ1) is 20.8. The van der Waals surface area contributed by atoms with Gasteiger partial charge in [0, 0.05) is 18.2 Å². The van der Waals surface area contributed by atoms with E-state index in [0.717, 1.165) is 37.3 Å². The highest BCUT2D eigenvalue weighted by molar-refractivity contribution is 7.84. The smallest absolute Gasteiger partial charge is 0.362 e. The van der Waals surface area contributed by atoms with Gasteiger partial charge in [0.1, 0.15) is 34.3 Å². The number of carboxylic acid groups (broad SMARTS) is 1. The van der Waals surface area contributed by atoms with Crippen LogP contribution in [0.1, 0.15) is 31.0 Å². The average molecular weight is 673 g/mol. The number of anilines is 1. The Bertz CT molecular complexity index is 1560. The van der Waals surface area contributed by atoms with Gasteiger partial charge in [-0.05, 0) is 50.6 Å². The maximum atomic E-state index is 13.1. The molecule has 2 aliphatic heterocycles. The minimum absolute atomic E-state index is 0.0589. The number of nitrogens with one attached hydrogen (secondary N) is 4. The molecule has 2 amide bonds. The molecule has 44 heavy (non-hydrogen) atoms. The molecule has 0 bridgehead atoms. The third-order valence-electron chi connectivity index (χ3n) is 6.65. The Kier molecular flexibility index (Phi) is 10.3. The number of piperidine rings is 1. The van der Waals surface area contributed by atoms with Crippen molar-refractivity contribution in [3.8, 4) is 5.75 Å². The number of rotatable bonds is 12. The molecule has 2 aliphatic rings. The fraction of sp³-hybridized carbons (Fsp3) is 0.417. The first-order valence-corrected chi connectivity index (χ1v) is 15.6. The number of amidine groups is 1. The second-order valence-electron chi connectivity index (χ2n) is 9.75. The average Bonchev–Trinajstić information content (AvgIpc) is 3.30. The standard InChI is InChI=1S/C24H29ClN8O9S2/c1-11-16(22(35)33(11)44(38,39)40)30-21(34)18(17-19(25)43-24(27)31-17)32-42-15(23(36)37)10-41-14-6-4-12(5-7-14)20(26)29-13-3-2-8-28-9-13/h4-7,11,13,15-16,28H,2-3,8-10H2,1H3,(H2,26,29)(H2,27,31)(H,30,34)(H,36,37)(H,38,39,40)/b32-18-/t11-,13+,15?,16-/m0/s1. The van der Waals surface area contributed by atoms with Crippen molar-refractivity contribution in [2.75, 3.05) is 25.4 Å². The maximum Gasteiger partial charge on any atom is 0.362 e. The molecule has 20 heteroatoms. The topological polar surface area (TPSA) is 259 Å². The number of hydrogen-bond acceptors (Lipinski definition) is 13. The van der Waals surface area contributed by atoms with Gasteiger partial charge in [0.15, 0.2) is 10.8 Å². The van der Waals surface area contributed by atoms with Gasteiger partial charge in [-0.3, -0.25) is 19.6 Å². The third kappa shape index (κ3) is 7.72. The molecule has 4 atom stereocenters. The van der Waals surface area contributed by atoms with Crippen LogP contribution in [0.25, 0.3) is 0 Å². The van der Waals surface area contributed by atoms with Gasteiger partial charge in [0.25, 0.3) is 17.9 Å². The predicted molar refractivity (Wildman–Crippen MR) is 158 cm³/mol. The van der Waals surface area contributed by atoms with Gasteiger partial charge in [-0.1, -0.05) is 28.1 Å². The number of halogens is 1. The third-order valence-corrected chi connectivity index (χ3v) is 8.74. The number of nitrogens with two attached hydrogens (primary N) is 1. The Hall–Kier alpha value is -4.04. The van der Waals surface area contributed by atoms with E-state index >= 15 is 0 Å². The van der Waals surface area contributed by atoms with Gasteiger partial charge in [0.05, 0.1) is 6.04 Å². The summed E-state index contributed by atoms with van der Waals surface area (Å²) in [5, 5.41) is 30.2. The van der Waals surface area contributed by atoms with Crippen LogP contribution < -0.4 is 26.4 Å². The van der Waals surface area contributed by atoms with E-state index in [2.05, 4.69) is 26.1 Å². The molecular weight excluding hydrogens is 644 g/mol. The zero-order valence-electron chi connectivity index (χ0n) is 23.0. The number of β-lactam (4-membered cyclic amide) rings is 1. The molecule has 8 N–H and O–H groups in total. The van der Waals surface area contributed by atoms with E-state index < -0.39 is 58.6 Å². The number of carbonyl (C=O) groups is 3. The maximum absolute atomic E-state index is 13.1. The van der Waals surface area contributed by atoms with E-state index in [4.69, 9.17) is 32.3 Å². The summed E-state index contributed by atoms with van der Waals surface area (Å²) in [5.74, 6) is -3.21.